The average Bonchev–Trinajstić information content (AvgIpc) is 2.57. The van der Waals surface area contributed by atoms with Crippen LogP contribution in [0.4, 0.5) is 0 Å². The second-order valence-corrected chi connectivity index (χ2v) is 6.35. The molecule has 26 heavy (non-hydrogen) atoms. The number of methoxy groups -OCH3 is 2. The summed E-state index contributed by atoms with van der Waals surface area (Å²) in [7, 11) is 3.03. The molecular formula is C18H30ClN3O4. The van der Waals surface area contributed by atoms with E-state index in [1.54, 1.807) is 18.2 Å². The molecule has 2 atom stereocenters. The van der Waals surface area contributed by atoms with Crippen molar-refractivity contribution in [3.63, 3.8) is 0 Å². The zero-order valence-corrected chi connectivity index (χ0v) is 16.8. The lowest BCUT2D eigenvalue weighted by Gasteiger charge is -2.22. The number of rotatable bonds is 9. The summed E-state index contributed by atoms with van der Waals surface area (Å²) in [6.45, 7) is 6.11. The van der Waals surface area contributed by atoms with Gasteiger partial charge in [-0.1, -0.05) is 13.8 Å². The van der Waals surface area contributed by atoms with Crippen LogP contribution in [0.3, 0.4) is 0 Å². The number of nitrogens with two attached hydrogens (primary N) is 1. The standard InChI is InChI=1S/C18H29N3O4.ClH/c1-11(2)16(18(23)20-7-6-12(3)19)21-17(22)13-8-14(24-4)10-15(9-13)25-5;/h8-12,16H,6-7,19H2,1-5H3,(H,20,23)(H,21,22);1H. The van der Waals surface area contributed by atoms with Crippen molar-refractivity contribution >= 4 is 24.2 Å². The van der Waals surface area contributed by atoms with Gasteiger partial charge in [-0.25, -0.2) is 0 Å². The van der Waals surface area contributed by atoms with Crippen molar-refractivity contribution in [1.29, 1.82) is 0 Å². The second kappa shape index (κ2) is 11.6. The van der Waals surface area contributed by atoms with Gasteiger partial charge in [0.05, 0.1) is 14.2 Å². The van der Waals surface area contributed by atoms with Crippen LogP contribution in [0.1, 0.15) is 37.6 Å². The Balaban J connectivity index is 0.00000625. The highest BCUT2D eigenvalue weighted by Crippen LogP contribution is 2.22. The first-order chi connectivity index (χ1) is 11.8. The molecule has 0 aliphatic heterocycles. The van der Waals surface area contributed by atoms with E-state index in [2.05, 4.69) is 10.6 Å². The molecule has 0 saturated heterocycles. The molecule has 4 N–H and O–H groups in total. The highest BCUT2D eigenvalue weighted by Gasteiger charge is 2.25. The van der Waals surface area contributed by atoms with Crippen LogP contribution >= 0.6 is 12.4 Å². The van der Waals surface area contributed by atoms with E-state index in [1.807, 2.05) is 20.8 Å². The lowest BCUT2D eigenvalue weighted by molar-refractivity contribution is -0.123. The van der Waals surface area contributed by atoms with E-state index in [0.717, 1.165) is 0 Å². The highest BCUT2D eigenvalue weighted by molar-refractivity contribution is 5.98. The molecule has 8 heteroatoms. The van der Waals surface area contributed by atoms with Crippen LogP contribution in [0.2, 0.25) is 0 Å². The Labute approximate surface area is 161 Å². The van der Waals surface area contributed by atoms with Crippen LogP contribution in [0, 0.1) is 5.92 Å². The van der Waals surface area contributed by atoms with Crippen molar-refractivity contribution in [3.8, 4) is 11.5 Å². The molecule has 1 aromatic carbocycles. The van der Waals surface area contributed by atoms with Crippen molar-refractivity contribution < 1.29 is 19.1 Å². The van der Waals surface area contributed by atoms with Gasteiger partial charge in [-0.3, -0.25) is 9.59 Å². The topological polar surface area (TPSA) is 103 Å². The molecule has 0 aromatic heterocycles. The molecule has 2 amide bonds. The van der Waals surface area contributed by atoms with Crippen LogP contribution in [0.25, 0.3) is 0 Å². The maximum absolute atomic E-state index is 12.6. The van der Waals surface area contributed by atoms with E-state index in [-0.39, 0.29) is 36.2 Å². The van der Waals surface area contributed by atoms with E-state index >= 15 is 0 Å². The van der Waals surface area contributed by atoms with Crippen LogP contribution in [0.15, 0.2) is 18.2 Å². The smallest absolute Gasteiger partial charge is 0.252 e. The third kappa shape index (κ3) is 7.49. The predicted octanol–water partition coefficient (Wildman–Crippen LogP) is 1.73. The number of halogens is 1. The van der Waals surface area contributed by atoms with Gasteiger partial charge in [0, 0.05) is 24.2 Å². The fourth-order valence-corrected chi connectivity index (χ4v) is 2.23. The summed E-state index contributed by atoms with van der Waals surface area (Å²) in [5.41, 5.74) is 6.05. The van der Waals surface area contributed by atoms with Gasteiger partial charge in [0.1, 0.15) is 17.5 Å². The summed E-state index contributed by atoms with van der Waals surface area (Å²) in [6.07, 6.45) is 0.678. The lowest BCUT2D eigenvalue weighted by Crippen LogP contribution is -2.50. The van der Waals surface area contributed by atoms with Gasteiger partial charge in [0.25, 0.3) is 5.91 Å². The summed E-state index contributed by atoms with van der Waals surface area (Å²) < 4.78 is 10.3. The molecule has 0 fully saturated rings. The zero-order valence-electron chi connectivity index (χ0n) is 16.0. The van der Waals surface area contributed by atoms with E-state index in [4.69, 9.17) is 15.2 Å². The van der Waals surface area contributed by atoms with Gasteiger partial charge in [0.2, 0.25) is 5.91 Å². The Kier molecular flexibility index (Phi) is 10.7. The maximum atomic E-state index is 12.6. The quantitative estimate of drug-likeness (QED) is 0.598. The number of carbonyl (C=O) groups is 2. The molecule has 0 aliphatic carbocycles. The number of benzene rings is 1. The predicted molar refractivity (Wildman–Crippen MR) is 104 cm³/mol. The van der Waals surface area contributed by atoms with Crippen molar-refractivity contribution in [3.05, 3.63) is 23.8 Å². The van der Waals surface area contributed by atoms with Gasteiger partial charge in [-0.15, -0.1) is 12.4 Å². The largest absolute Gasteiger partial charge is 0.497 e. The Morgan fingerprint density at radius 1 is 1.08 bits per heavy atom. The minimum atomic E-state index is -0.641. The van der Waals surface area contributed by atoms with Gasteiger partial charge >= 0.3 is 0 Å². The fraction of sp³-hybridized carbons (Fsp3) is 0.556. The minimum absolute atomic E-state index is 0. The number of carbonyl (C=O) groups excluding carboxylic acids is 2. The van der Waals surface area contributed by atoms with Crippen LogP contribution in [-0.4, -0.2) is 44.7 Å². The monoisotopic (exact) mass is 387 g/mol. The van der Waals surface area contributed by atoms with Gasteiger partial charge in [0.15, 0.2) is 0 Å². The summed E-state index contributed by atoms with van der Waals surface area (Å²) in [6, 6.07) is 4.25. The molecule has 0 heterocycles. The molecule has 0 spiro atoms. The Morgan fingerprint density at radius 3 is 2.04 bits per heavy atom. The van der Waals surface area contributed by atoms with Crippen LogP contribution in [0.5, 0.6) is 11.5 Å². The third-order valence-electron chi connectivity index (χ3n) is 3.75. The number of ether oxygens (including phenoxy) is 2. The van der Waals surface area contributed by atoms with Crippen LogP contribution < -0.4 is 25.8 Å². The normalized spacial score (nSPS) is 12.6. The molecule has 0 saturated carbocycles. The molecule has 2 unspecified atom stereocenters. The Morgan fingerprint density at radius 2 is 1.62 bits per heavy atom. The third-order valence-corrected chi connectivity index (χ3v) is 3.75. The van der Waals surface area contributed by atoms with E-state index in [0.29, 0.717) is 30.0 Å². The first-order valence-corrected chi connectivity index (χ1v) is 8.35. The highest BCUT2D eigenvalue weighted by atomic mass is 35.5. The minimum Gasteiger partial charge on any atom is -0.497 e. The average molecular weight is 388 g/mol. The lowest BCUT2D eigenvalue weighted by atomic mass is 10.0. The summed E-state index contributed by atoms with van der Waals surface area (Å²) in [4.78, 5) is 24.9. The molecule has 0 radical (unpaired) electrons. The number of hydrogen-bond donors (Lipinski definition) is 3. The Bertz CT molecular complexity index is 572. The fourth-order valence-electron chi connectivity index (χ4n) is 2.23. The SMILES string of the molecule is COc1cc(OC)cc(C(=O)NC(C(=O)NCCC(C)N)C(C)C)c1.Cl. The molecule has 0 aliphatic rings. The van der Waals surface area contributed by atoms with Gasteiger partial charge in [-0.05, 0) is 31.4 Å². The molecular weight excluding hydrogens is 358 g/mol. The molecule has 1 rings (SSSR count). The Hall–Kier alpha value is -1.99. The van der Waals surface area contributed by atoms with Gasteiger partial charge < -0.3 is 25.8 Å². The van der Waals surface area contributed by atoms with Crippen molar-refractivity contribution in [1.82, 2.24) is 10.6 Å². The van der Waals surface area contributed by atoms with Crippen molar-refractivity contribution in [2.45, 2.75) is 39.3 Å². The molecule has 1 aromatic rings. The molecule has 0 bridgehead atoms. The molecule has 148 valence electrons. The number of amides is 2. The zero-order chi connectivity index (χ0) is 19.0. The van der Waals surface area contributed by atoms with E-state index < -0.39 is 6.04 Å². The van der Waals surface area contributed by atoms with E-state index in [1.165, 1.54) is 14.2 Å². The number of nitrogens with one attached hydrogen (secondary N) is 2. The number of hydrogen-bond acceptors (Lipinski definition) is 5. The molecule has 7 nitrogen and oxygen atoms in total. The van der Waals surface area contributed by atoms with Crippen molar-refractivity contribution in [2.75, 3.05) is 20.8 Å². The van der Waals surface area contributed by atoms with E-state index in [9.17, 15) is 9.59 Å². The van der Waals surface area contributed by atoms with Crippen LogP contribution in [-0.2, 0) is 4.79 Å². The van der Waals surface area contributed by atoms with Gasteiger partial charge in [-0.2, -0.15) is 0 Å². The maximum Gasteiger partial charge on any atom is 0.252 e. The van der Waals surface area contributed by atoms with Crippen molar-refractivity contribution in [2.24, 2.45) is 11.7 Å². The second-order valence-electron chi connectivity index (χ2n) is 6.35. The first-order valence-electron chi connectivity index (χ1n) is 8.35. The summed E-state index contributed by atoms with van der Waals surface area (Å²) in [5, 5.41) is 5.59. The summed E-state index contributed by atoms with van der Waals surface area (Å²) >= 11 is 0. The summed E-state index contributed by atoms with van der Waals surface area (Å²) in [5.74, 6) is 0.364. The first kappa shape index (κ1) is 24.0.